The molecule has 0 saturated heterocycles. The van der Waals surface area contributed by atoms with Crippen LogP contribution in [0.2, 0.25) is 0 Å². The van der Waals surface area contributed by atoms with E-state index in [0.717, 1.165) is 64.2 Å². The quantitative estimate of drug-likeness (QED) is 0.148. The minimum absolute atomic E-state index is 0.644. The smallest absolute Gasteiger partial charge is 0.164 e. The second kappa shape index (κ2) is 14.9. The standard InChI is InChI=1S/C42H30N8S2/c1-27-13-19-33-39(47-27)43-25-45-41(33)49-35-23-29(17-21-37(35)51-31-9-5-3-6-10-31)15-16-30-18-22-38(52-32-11-7-4-8-12-32)36(24-30)50-42-34-20-14-28(2)48-40(34)44-26-46-42/h3-14,17-26H,1-2H3,(H,43,45,47,49)(H,44,46,48,50). The summed E-state index contributed by atoms with van der Waals surface area (Å²) in [6.07, 6.45) is 3.08. The number of rotatable bonds is 8. The molecule has 4 heterocycles. The average molecular weight is 711 g/mol. The first kappa shape index (κ1) is 32.9. The molecule has 8 rings (SSSR count). The van der Waals surface area contributed by atoms with E-state index in [0.29, 0.717) is 22.9 Å². The minimum atomic E-state index is 0.644. The van der Waals surface area contributed by atoms with Crippen LogP contribution < -0.4 is 10.6 Å². The highest BCUT2D eigenvalue weighted by molar-refractivity contribution is 7.99. The molecule has 52 heavy (non-hydrogen) atoms. The molecule has 0 spiro atoms. The van der Waals surface area contributed by atoms with Crippen molar-refractivity contribution in [3.63, 3.8) is 0 Å². The van der Waals surface area contributed by atoms with Crippen molar-refractivity contribution in [3.8, 4) is 11.8 Å². The van der Waals surface area contributed by atoms with E-state index < -0.39 is 0 Å². The second-order valence-corrected chi connectivity index (χ2v) is 14.1. The normalized spacial score (nSPS) is 10.9. The van der Waals surface area contributed by atoms with Crippen LogP contribution in [0.1, 0.15) is 22.5 Å². The van der Waals surface area contributed by atoms with Gasteiger partial charge < -0.3 is 10.6 Å². The van der Waals surface area contributed by atoms with Gasteiger partial charge in [-0.15, -0.1) is 0 Å². The molecule has 8 nitrogen and oxygen atoms in total. The van der Waals surface area contributed by atoms with Crippen LogP contribution in [-0.4, -0.2) is 29.9 Å². The molecule has 0 amide bonds. The van der Waals surface area contributed by atoms with E-state index in [1.165, 1.54) is 12.7 Å². The molecule has 0 radical (unpaired) electrons. The van der Waals surface area contributed by atoms with Gasteiger partial charge in [0.15, 0.2) is 11.3 Å². The first-order chi connectivity index (χ1) is 25.5. The van der Waals surface area contributed by atoms with E-state index in [-0.39, 0.29) is 0 Å². The second-order valence-electron chi connectivity index (χ2n) is 11.8. The molecule has 2 N–H and O–H groups in total. The summed E-state index contributed by atoms with van der Waals surface area (Å²) in [5, 5.41) is 8.83. The fraction of sp³-hybridized carbons (Fsp3) is 0.0476. The van der Waals surface area contributed by atoms with Crippen LogP contribution in [0.3, 0.4) is 0 Å². The van der Waals surface area contributed by atoms with Gasteiger partial charge in [-0.05, 0) is 98.8 Å². The van der Waals surface area contributed by atoms with Gasteiger partial charge in [0, 0.05) is 42.1 Å². The maximum Gasteiger partial charge on any atom is 0.164 e. The van der Waals surface area contributed by atoms with E-state index >= 15 is 0 Å². The van der Waals surface area contributed by atoms with Crippen molar-refractivity contribution in [2.75, 3.05) is 10.6 Å². The summed E-state index contributed by atoms with van der Waals surface area (Å²) in [4.78, 5) is 31.5. The Morgan fingerprint density at radius 3 is 1.37 bits per heavy atom. The average Bonchev–Trinajstić information content (AvgIpc) is 3.16. The third-order valence-electron chi connectivity index (χ3n) is 8.03. The lowest BCUT2D eigenvalue weighted by Gasteiger charge is -2.14. The van der Waals surface area contributed by atoms with Crippen LogP contribution in [0.15, 0.2) is 154 Å². The van der Waals surface area contributed by atoms with Crippen LogP contribution in [-0.2, 0) is 0 Å². The Bertz CT molecular complexity index is 2440. The highest BCUT2D eigenvalue weighted by atomic mass is 32.2. The van der Waals surface area contributed by atoms with Crippen molar-refractivity contribution in [1.82, 2.24) is 29.9 Å². The van der Waals surface area contributed by atoms with Crippen molar-refractivity contribution < 1.29 is 0 Å². The molecule has 250 valence electrons. The Balaban J connectivity index is 1.15. The van der Waals surface area contributed by atoms with Gasteiger partial charge in [-0.25, -0.2) is 29.9 Å². The van der Waals surface area contributed by atoms with E-state index in [9.17, 15) is 0 Å². The van der Waals surface area contributed by atoms with Gasteiger partial charge in [-0.1, -0.05) is 71.8 Å². The molecule has 0 unspecified atom stereocenters. The highest BCUT2D eigenvalue weighted by Gasteiger charge is 2.13. The van der Waals surface area contributed by atoms with Crippen molar-refractivity contribution in [3.05, 3.63) is 156 Å². The maximum atomic E-state index is 4.59. The Hall–Kier alpha value is -6.28. The van der Waals surface area contributed by atoms with Crippen LogP contribution in [0.25, 0.3) is 22.1 Å². The molecular weight excluding hydrogens is 681 g/mol. The summed E-state index contributed by atoms with van der Waals surface area (Å²) < 4.78 is 0. The zero-order chi connectivity index (χ0) is 35.3. The molecule has 0 aliphatic rings. The number of hydrogen-bond acceptors (Lipinski definition) is 10. The molecule has 8 aromatic rings. The van der Waals surface area contributed by atoms with Crippen molar-refractivity contribution in [2.24, 2.45) is 0 Å². The molecule has 0 bridgehead atoms. The number of aromatic nitrogens is 6. The van der Waals surface area contributed by atoms with E-state index in [4.69, 9.17) is 0 Å². The largest absolute Gasteiger partial charge is 0.339 e. The Morgan fingerprint density at radius 2 is 0.923 bits per heavy atom. The van der Waals surface area contributed by atoms with Crippen LogP contribution in [0.5, 0.6) is 0 Å². The molecular formula is C42H30N8S2. The number of aryl methyl sites for hydroxylation is 2. The number of anilines is 4. The van der Waals surface area contributed by atoms with Gasteiger partial charge in [-0.2, -0.15) is 0 Å². The number of benzene rings is 4. The molecule has 10 heteroatoms. The fourth-order valence-electron chi connectivity index (χ4n) is 5.49. The Morgan fingerprint density at radius 1 is 0.481 bits per heavy atom. The van der Waals surface area contributed by atoms with Gasteiger partial charge in [0.05, 0.1) is 22.1 Å². The molecule has 0 fully saturated rings. The lowest BCUT2D eigenvalue weighted by Crippen LogP contribution is -1.99. The van der Waals surface area contributed by atoms with Gasteiger partial charge in [-0.3, -0.25) is 0 Å². The summed E-state index contributed by atoms with van der Waals surface area (Å²) in [7, 11) is 0. The third kappa shape index (κ3) is 7.56. The minimum Gasteiger partial charge on any atom is -0.339 e. The fourth-order valence-corrected chi connectivity index (χ4v) is 7.30. The van der Waals surface area contributed by atoms with Crippen LogP contribution >= 0.6 is 23.5 Å². The molecule has 0 aliphatic heterocycles. The molecule has 4 aromatic heterocycles. The highest BCUT2D eigenvalue weighted by Crippen LogP contribution is 2.38. The summed E-state index contributed by atoms with van der Waals surface area (Å²) in [6.45, 7) is 3.91. The zero-order valence-electron chi connectivity index (χ0n) is 28.2. The van der Waals surface area contributed by atoms with Gasteiger partial charge in [0.2, 0.25) is 0 Å². The van der Waals surface area contributed by atoms with E-state index in [1.54, 1.807) is 23.5 Å². The zero-order valence-corrected chi connectivity index (χ0v) is 29.8. The number of hydrogen-bond donors (Lipinski definition) is 2. The van der Waals surface area contributed by atoms with E-state index in [1.807, 2.05) is 86.6 Å². The number of nitrogens with zero attached hydrogens (tertiary/aromatic N) is 6. The van der Waals surface area contributed by atoms with Gasteiger partial charge >= 0.3 is 0 Å². The summed E-state index contributed by atoms with van der Waals surface area (Å²) >= 11 is 3.35. The van der Waals surface area contributed by atoms with Crippen molar-refractivity contribution in [1.29, 1.82) is 0 Å². The molecule has 0 aliphatic carbocycles. The Labute approximate surface area is 309 Å². The lowest BCUT2D eigenvalue weighted by molar-refractivity contribution is 1.15. The monoisotopic (exact) mass is 710 g/mol. The molecule has 0 saturated carbocycles. The molecule has 0 atom stereocenters. The van der Waals surface area contributed by atoms with Crippen LogP contribution in [0, 0.1) is 25.7 Å². The topological polar surface area (TPSA) is 101 Å². The number of pyridine rings is 2. The van der Waals surface area contributed by atoms with Gasteiger partial charge in [0.25, 0.3) is 0 Å². The van der Waals surface area contributed by atoms with Crippen molar-refractivity contribution in [2.45, 2.75) is 33.4 Å². The Kier molecular flexibility index (Phi) is 9.43. The summed E-state index contributed by atoms with van der Waals surface area (Å²) in [5.41, 5.74) is 6.57. The molecule has 4 aromatic carbocycles. The maximum absolute atomic E-state index is 4.59. The van der Waals surface area contributed by atoms with Crippen molar-refractivity contribution >= 4 is 68.6 Å². The summed E-state index contributed by atoms with van der Waals surface area (Å²) in [6, 6.07) is 41.0. The third-order valence-corrected chi connectivity index (χ3v) is 10.2. The lowest BCUT2D eigenvalue weighted by atomic mass is 10.1. The number of nitrogens with one attached hydrogen (secondary N) is 2. The van der Waals surface area contributed by atoms with E-state index in [2.05, 4.69) is 101 Å². The van der Waals surface area contributed by atoms with Crippen LogP contribution in [0.4, 0.5) is 23.0 Å². The predicted octanol–water partition coefficient (Wildman–Crippen LogP) is 10.2. The first-order valence-corrected chi connectivity index (χ1v) is 18.1. The van der Waals surface area contributed by atoms with Gasteiger partial charge in [0.1, 0.15) is 24.3 Å². The SMILES string of the molecule is Cc1ccc2c(Nc3cc(C#Cc4ccc(Sc5ccccc5)c(Nc5ncnc6nc(C)ccc56)c4)ccc3Sc3ccccc3)ncnc2n1. The number of fused-ring (bicyclic) bond motifs is 2. The first-order valence-electron chi connectivity index (χ1n) is 16.5. The predicted molar refractivity (Wildman–Crippen MR) is 211 cm³/mol. The summed E-state index contributed by atoms with van der Waals surface area (Å²) in [5.74, 6) is 8.17.